The molecule has 2 rings (SSSR count). The Morgan fingerprint density at radius 2 is 1.94 bits per heavy atom. The van der Waals surface area contributed by atoms with Gasteiger partial charge in [0.2, 0.25) is 0 Å². The normalized spacial score (nSPS) is 49.3. The predicted molar refractivity (Wildman–Crippen MR) is 70.0 cm³/mol. The first-order valence-corrected chi connectivity index (χ1v) is 7.11. The van der Waals surface area contributed by atoms with Crippen LogP contribution in [0.3, 0.4) is 0 Å². The maximum absolute atomic E-state index is 12.2. The van der Waals surface area contributed by atoms with Crippen LogP contribution in [0.2, 0.25) is 0 Å². The third-order valence-electron chi connectivity index (χ3n) is 5.50. The lowest BCUT2D eigenvalue weighted by molar-refractivity contribution is -0.188. The molecule has 104 valence electrons. The number of carbonyl (C=O) groups excluding carboxylic acids is 1. The van der Waals surface area contributed by atoms with Crippen molar-refractivity contribution in [2.75, 3.05) is 0 Å². The number of hydrogen-bond donors (Lipinski definition) is 2. The summed E-state index contributed by atoms with van der Waals surface area (Å²) >= 11 is 0. The lowest BCUT2D eigenvalue weighted by Crippen LogP contribution is -2.60. The second kappa shape index (κ2) is 4.31. The van der Waals surface area contributed by atoms with Crippen molar-refractivity contribution in [1.82, 2.24) is 0 Å². The first-order valence-electron chi connectivity index (χ1n) is 7.11. The molecule has 0 aromatic heterocycles. The van der Waals surface area contributed by atoms with E-state index in [4.69, 9.17) is 0 Å². The summed E-state index contributed by atoms with van der Waals surface area (Å²) in [6.07, 6.45) is 2.06. The standard InChI is InChI=1S/C15H26O3/c1-9(2)10-7-12-14(3,8-11(10)16)6-5-13(17)15(12,4)18/h9-10,12-13,17-18H,5-8H2,1-4H3/t10-,12-,13+,14-,15-/m0/s1. The van der Waals surface area contributed by atoms with Gasteiger partial charge in [-0.1, -0.05) is 20.8 Å². The first-order chi connectivity index (χ1) is 8.18. The number of rotatable bonds is 1. The quantitative estimate of drug-likeness (QED) is 0.754. The number of aliphatic hydroxyl groups is 2. The van der Waals surface area contributed by atoms with Gasteiger partial charge < -0.3 is 10.2 Å². The minimum absolute atomic E-state index is 0.0267. The summed E-state index contributed by atoms with van der Waals surface area (Å²) < 4.78 is 0. The van der Waals surface area contributed by atoms with E-state index in [1.807, 2.05) is 0 Å². The summed E-state index contributed by atoms with van der Waals surface area (Å²) in [6.45, 7) is 7.98. The highest BCUT2D eigenvalue weighted by Crippen LogP contribution is 2.55. The van der Waals surface area contributed by atoms with Crippen LogP contribution in [0.4, 0.5) is 0 Å². The fourth-order valence-corrected chi connectivity index (χ4v) is 4.16. The van der Waals surface area contributed by atoms with E-state index in [1.165, 1.54) is 0 Å². The van der Waals surface area contributed by atoms with Gasteiger partial charge in [0.05, 0.1) is 11.7 Å². The minimum atomic E-state index is -1.05. The smallest absolute Gasteiger partial charge is 0.136 e. The largest absolute Gasteiger partial charge is 0.390 e. The average molecular weight is 254 g/mol. The Morgan fingerprint density at radius 1 is 1.33 bits per heavy atom. The van der Waals surface area contributed by atoms with Gasteiger partial charge in [-0.2, -0.15) is 0 Å². The topological polar surface area (TPSA) is 57.5 Å². The number of aliphatic hydroxyl groups excluding tert-OH is 1. The maximum atomic E-state index is 12.2. The van der Waals surface area contributed by atoms with Crippen LogP contribution >= 0.6 is 0 Å². The van der Waals surface area contributed by atoms with Gasteiger partial charge in [0.15, 0.2) is 0 Å². The SMILES string of the molecule is CC(C)[C@@H]1C[C@H]2[C@@](C)(CC[C@@H](O)[C@@]2(C)O)CC1=O. The van der Waals surface area contributed by atoms with E-state index >= 15 is 0 Å². The Hall–Kier alpha value is -0.410. The summed E-state index contributed by atoms with van der Waals surface area (Å²) in [6, 6.07) is 0. The molecular formula is C15H26O3. The third-order valence-corrected chi connectivity index (χ3v) is 5.50. The molecule has 2 saturated carbocycles. The van der Waals surface area contributed by atoms with Gasteiger partial charge in [-0.3, -0.25) is 4.79 Å². The molecule has 0 saturated heterocycles. The van der Waals surface area contributed by atoms with Gasteiger partial charge in [-0.25, -0.2) is 0 Å². The highest BCUT2D eigenvalue weighted by atomic mass is 16.3. The number of Topliss-reactive ketones (excluding diaryl/α,β-unsaturated/α-hetero) is 1. The van der Waals surface area contributed by atoms with E-state index in [1.54, 1.807) is 6.92 Å². The summed E-state index contributed by atoms with van der Waals surface area (Å²) in [7, 11) is 0. The Labute approximate surface area is 110 Å². The zero-order chi connectivity index (χ0) is 13.7. The molecule has 0 radical (unpaired) electrons. The number of carbonyl (C=O) groups is 1. The van der Waals surface area contributed by atoms with Crippen molar-refractivity contribution in [2.45, 2.75) is 65.1 Å². The molecular weight excluding hydrogens is 228 g/mol. The van der Waals surface area contributed by atoms with Gasteiger partial charge in [0.25, 0.3) is 0 Å². The van der Waals surface area contributed by atoms with E-state index < -0.39 is 11.7 Å². The molecule has 0 bridgehead atoms. The van der Waals surface area contributed by atoms with E-state index in [2.05, 4.69) is 20.8 Å². The molecule has 0 aromatic carbocycles. The average Bonchev–Trinajstić information content (AvgIpc) is 2.23. The van der Waals surface area contributed by atoms with Crippen LogP contribution in [-0.2, 0) is 4.79 Å². The molecule has 2 fully saturated rings. The Morgan fingerprint density at radius 3 is 2.50 bits per heavy atom. The van der Waals surface area contributed by atoms with Crippen molar-refractivity contribution in [2.24, 2.45) is 23.2 Å². The summed E-state index contributed by atoms with van der Waals surface area (Å²) in [5, 5.41) is 20.7. The monoisotopic (exact) mass is 254 g/mol. The lowest BCUT2D eigenvalue weighted by atomic mass is 9.51. The van der Waals surface area contributed by atoms with Crippen LogP contribution in [0.15, 0.2) is 0 Å². The second-order valence-corrected chi connectivity index (χ2v) is 7.22. The number of hydrogen-bond acceptors (Lipinski definition) is 3. The highest BCUT2D eigenvalue weighted by molar-refractivity contribution is 5.83. The molecule has 3 heteroatoms. The van der Waals surface area contributed by atoms with Gasteiger partial charge in [0.1, 0.15) is 5.78 Å². The van der Waals surface area contributed by atoms with Crippen LogP contribution in [-0.4, -0.2) is 27.7 Å². The van der Waals surface area contributed by atoms with E-state index in [0.29, 0.717) is 24.5 Å². The zero-order valence-corrected chi connectivity index (χ0v) is 11.9. The maximum Gasteiger partial charge on any atom is 0.136 e. The first kappa shape index (κ1) is 14.0. The molecule has 0 amide bonds. The number of fused-ring (bicyclic) bond motifs is 1. The molecule has 0 spiro atoms. The molecule has 5 atom stereocenters. The molecule has 0 heterocycles. The van der Waals surface area contributed by atoms with Gasteiger partial charge in [-0.15, -0.1) is 0 Å². The third kappa shape index (κ3) is 2.01. The Bertz CT molecular complexity index is 348. The lowest BCUT2D eigenvalue weighted by Gasteiger charge is -2.55. The van der Waals surface area contributed by atoms with E-state index in [9.17, 15) is 15.0 Å². The Balaban J connectivity index is 2.31. The Kier molecular flexibility index (Phi) is 3.35. The predicted octanol–water partition coefficient (Wildman–Crippen LogP) is 2.15. The van der Waals surface area contributed by atoms with Gasteiger partial charge in [-0.05, 0) is 43.4 Å². The summed E-state index contributed by atoms with van der Waals surface area (Å²) in [5.74, 6) is 0.728. The summed E-state index contributed by atoms with van der Waals surface area (Å²) in [5.41, 5.74) is -1.19. The molecule has 3 nitrogen and oxygen atoms in total. The van der Waals surface area contributed by atoms with Crippen molar-refractivity contribution in [3.63, 3.8) is 0 Å². The van der Waals surface area contributed by atoms with Crippen molar-refractivity contribution in [1.29, 1.82) is 0 Å². The molecule has 18 heavy (non-hydrogen) atoms. The van der Waals surface area contributed by atoms with Crippen molar-refractivity contribution < 1.29 is 15.0 Å². The van der Waals surface area contributed by atoms with Crippen molar-refractivity contribution in [3.05, 3.63) is 0 Å². The number of ketones is 1. The van der Waals surface area contributed by atoms with Crippen LogP contribution in [0.5, 0.6) is 0 Å². The zero-order valence-electron chi connectivity index (χ0n) is 11.9. The fourth-order valence-electron chi connectivity index (χ4n) is 4.16. The van der Waals surface area contributed by atoms with Crippen LogP contribution in [0.25, 0.3) is 0 Å². The molecule has 0 aliphatic heterocycles. The van der Waals surface area contributed by atoms with E-state index in [-0.39, 0.29) is 17.3 Å². The van der Waals surface area contributed by atoms with E-state index in [0.717, 1.165) is 12.8 Å². The second-order valence-electron chi connectivity index (χ2n) is 7.22. The molecule has 2 aliphatic rings. The minimum Gasteiger partial charge on any atom is -0.390 e. The highest BCUT2D eigenvalue weighted by Gasteiger charge is 2.56. The molecule has 2 N–H and O–H groups in total. The fraction of sp³-hybridized carbons (Fsp3) is 0.933. The molecule has 0 aromatic rings. The van der Waals surface area contributed by atoms with Gasteiger partial charge in [0, 0.05) is 12.3 Å². The van der Waals surface area contributed by atoms with Gasteiger partial charge >= 0.3 is 0 Å². The van der Waals surface area contributed by atoms with Crippen LogP contribution in [0, 0.1) is 23.2 Å². The van der Waals surface area contributed by atoms with Crippen molar-refractivity contribution in [3.8, 4) is 0 Å². The molecule has 0 unspecified atom stereocenters. The van der Waals surface area contributed by atoms with Crippen LogP contribution < -0.4 is 0 Å². The van der Waals surface area contributed by atoms with Crippen LogP contribution in [0.1, 0.15) is 53.4 Å². The van der Waals surface area contributed by atoms with Crippen molar-refractivity contribution >= 4 is 5.78 Å². The molecule has 2 aliphatic carbocycles. The summed E-state index contributed by atoms with van der Waals surface area (Å²) in [4.78, 5) is 12.2.